The maximum absolute atomic E-state index is 2.26. The quantitative estimate of drug-likeness (QED) is 0.562. The number of benzene rings is 1. The molecule has 1 unspecified atom stereocenters. The van der Waals surface area contributed by atoms with Gasteiger partial charge < -0.3 is 16.9 Å². The van der Waals surface area contributed by atoms with Gasteiger partial charge in [0.15, 0.2) is 0 Å². The number of nitrogens with zero attached hydrogens (tertiary/aromatic N) is 1. The summed E-state index contributed by atoms with van der Waals surface area (Å²) in [7, 11) is 6.66. The highest BCUT2D eigenvalue weighted by Crippen LogP contribution is 2.21. The summed E-state index contributed by atoms with van der Waals surface area (Å²) in [6, 6.07) is 11.2. The highest BCUT2D eigenvalue weighted by atomic mass is 35.5. The van der Waals surface area contributed by atoms with Gasteiger partial charge in [-0.2, -0.15) is 0 Å². The zero-order valence-corrected chi connectivity index (χ0v) is 9.55. The number of halogens is 1. The van der Waals surface area contributed by atoms with Gasteiger partial charge in [0.1, 0.15) is 6.04 Å². The van der Waals surface area contributed by atoms with Gasteiger partial charge in [-0.25, -0.2) is 0 Å². The summed E-state index contributed by atoms with van der Waals surface area (Å²) >= 11 is 0. The number of quaternary nitrogens is 1. The Morgan fingerprint density at radius 1 is 1.00 bits per heavy atom. The van der Waals surface area contributed by atoms with E-state index in [1.54, 1.807) is 0 Å². The van der Waals surface area contributed by atoms with Gasteiger partial charge >= 0.3 is 0 Å². The number of rotatable bonds is 2. The van der Waals surface area contributed by atoms with Crippen LogP contribution in [0.1, 0.15) is 18.5 Å². The fourth-order valence-electron chi connectivity index (χ4n) is 1.18. The Labute approximate surface area is 87.4 Å². The second kappa shape index (κ2) is 4.64. The van der Waals surface area contributed by atoms with Gasteiger partial charge in [0, 0.05) is 5.56 Å². The molecular formula is C11H18ClN. The molecule has 0 heterocycles. The molecule has 0 aliphatic heterocycles. The minimum atomic E-state index is 0. The van der Waals surface area contributed by atoms with E-state index in [2.05, 4.69) is 58.4 Å². The highest BCUT2D eigenvalue weighted by Gasteiger charge is 2.19. The van der Waals surface area contributed by atoms with E-state index < -0.39 is 0 Å². The third-order valence-electron chi connectivity index (χ3n) is 2.44. The van der Waals surface area contributed by atoms with E-state index in [0.717, 1.165) is 4.48 Å². The standard InChI is InChI=1S/C11H18N.ClH/c1-10(12(2,3)4)11-8-6-5-7-9-11;/h5-10H,1-4H3;1H/q+1;/p-1. The van der Waals surface area contributed by atoms with E-state index in [1.807, 2.05) is 0 Å². The molecule has 0 N–H and O–H groups in total. The maximum Gasteiger partial charge on any atom is 0.111 e. The Hall–Kier alpha value is -0.530. The summed E-state index contributed by atoms with van der Waals surface area (Å²) in [5, 5.41) is 0. The molecule has 0 saturated carbocycles. The molecule has 74 valence electrons. The molecule has 0 aliphatic rings. The molecule has 0 aromatic heterocycles. The fraction of sp³-hybridized carbons (Fsp3) is 0.455. The maximum atomic E-state index is 2.26. The fourth-order valence-corrected chi connectivity index (χ4v) is 1.18. The second-order valence-corrected chi connectivity index (χ2v) is 4.20. The van der Waals surface area contributed by atoms with E-state index in [-0.39, 0.29) is 12.4 Å². The Balaban J connectivity index is 0.00000144. The first-order chi connectivity index (χ1) is 5.52. The zero-order chi connectivity index (χ0) is 9.19. The number of hydrogen-bond acceptors (Lipinski definition) is 0. The van der Waals surface area contributed by atoms with Crippen LogP contribution in [0.15, 0.2) is 30.3 Å². The van der Waals surface area contributed by atoms with Crippen molar-refractivity contribution < 1.29 is 16.9 Å². The van der Waals surface area contributed by atoms with Crippen LogP contribution in [0.4, 0.5) is 0 Å². The van der Waals surface area contributed by atoms with Crippen LogP contribution in [0.3, 0.4) is 0 Å². The lowest BCUT2D eigenvalue weighted by molar-refractivity contribution is -0.900. The first kappa shape index (κ1) is 12.5. The van der Waals surface area contributed by atoms with Crippen molar-refractivity contribution in [2.75, 3.05) is 21.1 Å². The largest absolute Gasteiger partial charge is 1.00 e. The molecule has 0 spiro atoms. The van der Waals surface area contributed by atoms with Crippen molar-refractivity contribution in [2.24, 2.45) is 0 Å². The van der Waals surface area contributed by atoms with Crippen LogP contribution in [0, 0.1) is 0 Å². The first-order valence-corrected chi connectivity index (χ1v) is 4.38. The Morgan fingerprint density at radius 2 is 1.46 bits per heavy atom. The van der Waals surface area contributed by atoms with Crippen LogP contribution in [-0.2, 0) is 0 Å². The van der Waals surface area contributed by atoms with Crippen LogP contribution in [0.2, 0.25) is 0 Å². The van der Waals surface area contributed by atoms with E-state index in [0.29, 0.717) is 6.04 Å². The van der Waals surface area contributed by atoms with E-state index >= 15 is 0 Å². The summed E-state index contributed by atoms with van der Waals surface area (Å²) in [6.07, 6.45) is 0. The molecule has 2 heteroatoms. The van der Waals surface area contributed by atoms with E-state index in [1.165, 1.54) is 5.56 Å². The summed E-state index contributed by atoms with van der Waals surface area (Å²) < 4.78 is 0.976. The lowest BCUT2D eigenvalue weighted by atomic mass is 10.1. The average Bonchev–Trinajstić information content (AvgIpc) is 2.03. The van der Waals surface area contributed by atoms with Gasteiger partial charge in [-0.05, 0) is 6.92 Å². The van der Waals surface area contributed by atoms with Gasteiger partial charge in [-0.3, -0.25) is 0 Å². The minimum Gasteiger partial charge on any atom is -1.00 e. The van der Waals surface area contributed by atoms with Gasteiger partial charge in [0.05, 0.1) is 21.1 Å². The molecule has 1 atom stereocenters. The molecule has 0 amide bonds. The molecule has 1 aromatic carbocycles. The monoisotopic (exact) mass is 199 g/mol. The Bertz CT molecular complexity index is 238. The van der Waals surface area contributed by atoms with Crippen LogP contribution in [0.5, 0.6) is 0 Å². The summed E-state index contributed by atoms with van der Waals surface area (Å²) in [4.78, 5) is 0. The molecule has 13 heavy (non-hydrogen) atoms. The second-order valence-electron chi connectivity index (χ2n) is 4.20. The third-order valence-corrected chi connectivity index (χ3v) is 2.44. The van der Waals surface area contributed by atoms with E-state index in [9.17, 15) is 0 Å². The lowest BCUT2D eigenvalue weighted by Gasteiger charge is -2.31. The molecule has 0 aliphatic carbocycles. The van der Waals surface area contributed by atoms with E-state index in [4.69, 9.17) is 0 Å². The smallest absolute Gasteiger partial charge is 0.111 e. The summed E-state index contributed by atoms with van der Waals surface area (Å²) in [5.74, 6) is 0. The molecule has 0 radical (unpaired) electrons. The molecule has 1 rings (SSSR count). The molecule has 0 bridgehead atoms. The Kier molecular flexibility index (Phi) is 4.45. The van der Waals surface area contributed by atoms with Gasteiger partial charge in [-0.1, -0.05) is 30.3 Å². The predicted octanol–water partition coefficient (Wildman–Crippen LogP) is -0.542. The third kappa shape index (κ3) is 3.37. The van der Waals surface area contributed by atoms with Crippen molar-refractivity contribution >= 4 is 0 Å². The van der Waals surface area contributed by atoms with Gasteiger partial charge in [0.25, 0.3) is 0 Å². The first-order valence-electron chi connectivity index (χ1n) is 4.38. The normalized spacial score (nSPS) is 13.2. The summed E-state index contributed by atoms with van der Waals surface area (Å²) in [5.41, 5.74) is 1.41. The molecule has 1 nitrogen and oxygen atoms in total. The van der Waals surface area contributed by atoms with Crippen molar-refractivity contribution in [3.05, 3.63) is 35.9 Å². The lowest BCUT2D eigenvalue weighted by Crippen LogP contribution is -3.00. The molecular weight excluding hydrogens is 182 g/mol. The predicted molar refractivity (Wildman–Crippen MR) is 52.9 cm³/mol. The summed E-state index contributed by atoms with van der Waals surface area (Å²) in [6.45, 7) is 2.26. The van der Waals surface area contributed by atoms with Crippen molar-refractivity contribution in [3.63, 3.8) is 0 Å². The minimum absolute atomic E-state index is 0. The van der Waals surface area contributed by atoms with Crippen molar-refractivity contribution in [2.45, 2.75) is 13.0 Å². The molecule has 1 aromatic rings. The topological polar surface area (TPSA) is 0 Å². The van der Waals surface area contributed by atoms with Crippen molar-refractivity contribution in [3.8, 4) is 0 Å². The van der Waals surface area contributed by atoms with Crippen molar-refractivity contribution in [1.29, 1.82) is 0 Å². The van der Waals surface area contributed by atoms with Gasteiger partial charge in [-0.15, -0.1) is 0 Å². The Morgan fingerprint density at radius 3 is 1.85 bits per heavy atom. The van der Waals surface area contributed by atoms with Crippen LogP contribution >= 0.6 is 0 Å². The van der Waals surface area contributed by atoms with Crippen LogP contribution in [-0.4, -0.2) is 25.6 Å². The SMILES string of the molecule is CC(c1ccccc1)[N+](C)(C)C.[Cl-]. The molecule has 0 saturated heterocycles. The molecule has 0 fully saturated rings. The van der Waals surface area contributed by atoms with Crippen LogP contribution in [0.25, 0.3) is 0 Å². The van der Waals surface area contributed by atoms with Crippen molar-refractivity contribution in [1.82, 2.24) is 0 Å². The van der Waals surface area contributed by atoms with Crippen LogP contribution < -0.4 is 12.4 Å². The number of hydrogen-bond donors (Lipinski definition) is 0. The average molecular weight is 200 g/mol. The zero-order valence-electron chi connectivity index (χ0n) is 8.79. The van der Waals surface area contributed by atoms with Gasteiger partial charge in [0.2, 0.25) is 0 Å². The highest BCUT2D eigenvalue weighted by molar-refractivity contribution is 5.16.